The number of carbonyl (C=O) groups is 1. The molecule has 0 saturated carbocycles. The molecule has 0 radical (unpaired) electrons. The lowest BCUT2D eigenvalue weighted by Crippen LogP contribution is -2.52. The van der Waals surface area contributed by atoms with Gasteiger partial charge in [-0.2, -0.15) is 0 Å². The minimum Gasteiger partial charge on any atom is -0.396 e. The molecular weight excluding hydrogens is 245 g/mol. The molecule has 2 fully saturated rings. The van der Waals surface area contributed by atoms with E-state index in [4.69, 9.17) is 5.73 Å². The van der Waals surface area contributed by atoms with Crippen molar-refractivity contribution in [3.8, 4) is 0 Å². The maximum absolute atomic E-state index is 13.1. The molecule has 1 aromatic rings. The fourth-order valence-corrected chi connectivity index (χ4v) is 3.03. The fourth-order valence-electron chi connectivity index (χ4n) is 3.03. The van der Waals surface area contributed by atoms with Gasteiger partial charge in [-0.25, -0.2) is 4.39 Å². The summed E-state index contributed by atoms with van der Waals surface area (Å²) in [5.74, 6) is -0.518. The Morgan fingerprint density at radius 3 is 2.95 bits per heavy atom. The van der Waals surface area contributed by atoms with Crippen molar-refractivity contribution in [2.45, 2.75) is 18.9 Å². The Labute approximate surface area is 112 Å². The Bertz CT molecular complexity index is 505. The first-order valence-electron chi connectivity index (χ1n) is 6.73. The van der Waals surface area contributed by atoms with Crippen molar-refractivity contribution in [2.75, 3.05) is 31.9 Å². The number of hydrogen-bond acceptors (Lipinski definition) is 3. The molecule has 3 rings (SSSR count). The maximum Gasteiger partial charge on any atom is 0.254 e. The van der Waals surface area contributed by atoms with E-state index in [9.17, 15) is 9.18 Å². The third kappa shape index (κ3) is 2.30. The fraction of sp³-hybridized carbons (Fsp3) is 0.500. The van der Waals surface area contributed by atoms with Crippen LogP contribution in [0.15, 0.2) is 18.2 Å². The lowest BCUT2D eigenvalue weighted by molar-refractivity contribution is 0.0571. The van der Waals surface area contributed by atoms with Crippen molar-refractivity contribution in [1.82, 2.24) is 9.80 Å². The molecule has 0 spiro atoms. The van der Waals surface area contributed by atoms with E-state index in [1.165, 1.54) is 24.6 Å². The quantitative estimate of drug-likeness (QED) is 0.778. The lowest BCUT2D eigenvalue weighted by Gasteiger charge is -2.37. The molecule has 19 heavy (non-hydrogen) atoms. The zero-order valence-corrected chi connectivity index (χ0v) is 10.8. The average Bonchev–Trinajstić information content (AvgIpc) is 2.88. The van der Waals surface area contributed by atoms with Crippen LogP contribution >= 0.6 is 0 Å². The minimum atomic E-state index is -0.475. The molecule has 102 valence electrons. The summed E-state index contributed by atoms with van der Waals surface area (Å²) in [6.07, 6.45) is 2.38. The van der Waals surface area contributed by atoms with E-state index in [2.05, 4.69) is 4.90 Å². The molecule has 1 aromatic carbocycles. The number of carbonyl (C=O) groups excluding carboxylic acids is 1. The van der Waals surface area contributed by atoms with Crippen LogP contribution in [0, 0.1) is 5.82 Å². The summed E-state index contributed by atoms with van der Waals surface area (Å²) in [5, 5.41) is 0. The van der Waals surface area contributed by atoms with E-state index in [-0.39, 0.29) is 11.6 Å². The number of nitrogens with two attached hydrogens (primary N) is 1. The van der Waals surface area contributed by atoms with Crippen molar-refractivity contribution in [3.05, 3.63) is 29.6 Å². The molecule has 0 unspecified atom stereocenters. The zero-order chi connectivity index (χ0) is 13.4. The number of nitrogen functional groups attached to an aromatic ring is 1. The number of anilines is 1. The molecule has 0 aliphatic carbocycles. The topological polar surface area (TPSA) is 49.6 Å². The Balaban J connectivity index is 1.74. The van der Waals surface area contributed by atoms with Gasteiger partial charge in [0.05, 0.1) is 5.69 Å². The van der Waals surface area contributed by atoms with Crippen LogP contribution in [0.3, 0.4) is 0 Å². The number of piperazine rings is 1. The van der Waals surface area contributed by atoms with Gasteiger partial charge in [0.1, 0.15) is 5.82 Å². The average molecular weight is 263 g/mol. The van der Waals surface area contributed by atoms with Gasteiger partial charge >= 0.3 is 0 Å². The van der Waals surface area contributed by atoms with Crippen LogP contribution in [0.1, 0.15) is 23.2 Å². The normalized spacial score (nSPS) is 23.4. The lowest BCUT2D eigenvalue weighted by atomic mass is 10.1. The third-order valence-corrected chi connectivity index (χ3v) is 4.12. The maximum atomic E-state index is 13.1. The monoisotopic (exact) mass is 263 g/mol. The highest BCUT2D eigenvalue weighted by molar-refractivity contribution is 5.95. The summed E-state index contributed by atoms with van der Waals surface area (Å²) in [7, 11) is 0. The largest absolute Gasteiger partial charge is 0.396 e. The molecule has 5 heteroatoms. The minimum absolute atomic E-state index is 0.0327. The summed E-state index contributed by atoms with van der Waals surface area (Å²) in [4.78, 5) is 16.7. The molecule has 0 bridgehead atoms. The van der Waals surface area contributed by atoms with Gasteiger partial charge in [0, 0.05) is 31.2 Å². The second kappa shape index (κ2) is 4.81. The van der Waals surface area contributed by atoms with Gasteiger partial charge in [0.15, 0.2) is 0 Å². The van der Waals surface area contributed by atoms with E-state index in [1.54, 1.807) is 0 Å². The van der Waals surface area contributed by atoms with Crippen molar-refractivity contribution < 1.29 is 9.18 Å². The van der Waals surface area contributed by atoms with Gasteiger partial charge in [0.2, 0.25) is 0 Å². The van der Waals surface area contributed by atoms with Crippen molar-refractivity contribution in [2.24, 2.45) is 0 Å². The first-order valence-corrected chi connectivity index (χ1v) is 6.73. The Morgan fingerprint density at radius 1 is 1.32 bits per heavy atom. The van der Waals surface area contributed by atoms with Crippen LogP contribution in [0.25, 0.3) is 0 Å². The van der Waals surface area contributed by atoms with Crippen LogP contribution in [-0.2, 0) is 0 Å². The number of halogens is 1. The summed E-state index contributed by atoms with van der Waals surface area (Å²) in [6.45, 7) is 3.60. The van der Waals surface area contributed by atoms with Crippen molar-refractivity contribution in [3.63, 3.8) is 0 Å². The highest BCUT2D eigenvalue weighted by atomic mass is 19.1. The highest BCUT2D eigenvalue weighted by Gasteiger charge is 2.32. The standard InChI is InChI=1S/C14H18FN3O/c15-12-4-3-10(8-13(12)16)14(19)18-7-6-17-5-1-2-11(17)9-18/h3-4,8,11H,1-2,5-7,9,16H2/t11-/m1/s1. The molecule has 4 nitrogen and oxygen atoms in total. The van der Waals surface area contributed by atoms with Crippen molar-refractivity contribution in [1.29, 1.82) is 0 Å². The smallest absolute Gasteiger partial charge is 0.254 e. The molecule has 0 aromatic heterocycles. The van der Waals surface area contributed by atoms with Crippen LogP contribution in [0.2, 0.25) is 0 Å². The molecule has 2 heterocycles. The molecule has 1 amide bonds. The van der Waals surface area contributed by atoms with Gasteiger partial charge in [-0.05, 0) is 37.6 Å². The predicted octanol–water partition coefficient (Wildman–Crippen LogP) is 1.33. The number of nitrogens with zero attached hydrogens (tertiary/aromatic N) is 2. The van der Waals surface area contributed by atoms with Crippen LogP contribution < -0.4 is 5.73 Å². The Morgan fingerprint density at radius 2 is 2.16 bits per heavy atom. The summed E-state index contributed by atoms with van der Waals surface area (Å²) < 4.78 is 13.1. The second-order valence-electron chi connectivity index (χ2n) is 5.32. The number of fused-ring (bicyclic) bond motifs is 1. The second-order valence-corrected chi connectivity index (χ2v) is 5.32. The van der Waals surface area contributed by atoms with E-state index in [0.29, 0.717) is 11.6 Å². The molecule has 2 N–H and O–H groups in total. The molecule has 2 aliphatic heterocycles. The zero-order valence-electron chi connectivity index (χ0n) is 10.8. The summed E-state index contributed by atoms with van der Waals surface area (Å²) in [6, 6.07) is 4.69. The van der Waals surface area contributed by atoms with E-state index in [0.717, 1.165) is 32.6 Å². The van der Waals surface area contributed by atoms with Crippen LogP contribution in [-0.4, -0.2) is 47.9 Å². The van der Waals surface area contributed by atoms with Crippen LogP contribution in [0.4, 0.5) is 10.1 Å². The van der Waals surface area contributed by atoms with Crippen molar-refractivity contribution >= 4 is 11.6 Å². The van der Waals surface area contributed by atoms with Gasteiger partial charge in [-0.3, -0.25) is 9.69 Å². The van der Waals surface area contributed by atoms with Gasteiger partial charge in [-0.1, -0.05) is 0 Å². The molecule has 2 saturated heterocycles. The molecule has 1 atom stereocenters. The summed E-state index contributed by atoms with van der Waals surface area (Å²) >= 11 is 0. The van der Waals surface area contributed by atoms with Gasteiger partial charge in [-0.15, -0.1) is 0 Å². The first-order chi connectivity index (χ1) is 9.15. The first kappa shape index (κ1) is 12.4. The number of hydrogen-bond donors (Lipinski definition) is 1. The molecular formula is C14H18FN3O. The molecule has 2 aliphatic rings. The van der Waals surface area contributed by atoms with Gasteiger partial charge < -0.3 is 10.6 Å². The Kier molecular flexibility index (Phi) is 3.14. The van der Waals surface area contributed by atoms with E-state index in [1.807, 2.05) is 4.90 Å². The number of amides is 1. The SMILES string of the molecule is Nc1cc(C(=O)N2CCN3CCC[C@@H]3C2)ccc1F. The number of rotatable bonds is 1. The van der Waals surface area contributed by atoms with Crippen LogP contribution in [0.5, 0.6) is 0 Å². The van der Waals surface area contributed by atoms with E-state index < -0.39 is 5.82 Å². The Hall–Kier alpha value is -1.62. The highest BCUT2D eigenvalue weighted by Crippen LogP contribution is 2.23. The number of benzene rings is 1. The van der Waals surface area contributed by atoms with Gasteiger partial charge in [0.25, 0.3) is 5.91 Å². The summed E-state index contributed by atoms with van der Waals surface area (Å²) in [5.41, 5.74) is 6.03. The predicted molar refractivity (Wildman–Crippen MR) is 71.3 cm³/mol. The third-order valence-electron chi connectivity index (χ3n) is 4.12. The van der Waals surface area contributed by atoms with E-state index >= 15 is 0 Å².